The van der Waals surface area contributed by atoms with Gasteiger partial charge in [0.25, 0.3) is 5.91 Å². The minimum absolute atomic E-state index is 0.00201. The third kappa shape index (κ3) is 4.18. The summed E-state index contributed by atoms with van der Waals surface area (Å²) in [6, 6.07) is 11.8. The molecule has 1 amide bonds. The molecule has 2 aromatic rings. The van der Waals surface area contributed by atoms with Gasteiger partial charge in [-0.25, -0.2) is 0 Å². The van der Waals surface area contributed by atoms with E-state index in [0.717, 1.165) is 43.8 Å². The van der Waals surface area contributed by atoms with E-state index in [1.807, 2.05) is 18.2 Å². The second-order valence-corrected chi connectivity index (χ2v) is 6.83. The fraction of sp³-hybridized carbons (Fsp3) is 0.353. The molecule has 7 heteroatoms. The normalized spacial score (nSPS) is 16.0. The molecular weight excluding hydrogens is 326 g/mol. The van der Waals surface area contributed by atoms with Gasteiger partial charge in [0.1, 0.15) is 0 Å². The summed E-state index contributed by atoms with van der Waals surface area (Å²) >= 11 is 0.981. The van der Waals surface area contributed by atoms with Crippen molar-refractivity contribution in [3.63, 3.8) is 0 Å². The van der Waals surface area contributed by atoms with E-state index in [2.05, 4.69) is 22.3 Å². The summed E-state index contributed by atoms with van der Waals surface area (Å²) in [5.41, 5.74) is 1.67. The van der Waals surface area contributed by atoms with Gasteiger partial charge in [0.2, 0.25) is 0 Å². The van der Waals surface area contributed by atoms with E-state index in [4.69, 9.17) is 0 Å². The van der Waals surface area contributed by atoms with E-state index in [1.165, 1.54) is 17.0 Å². The molecule has 0 bridgehead atoms. The van der Waals surface area contributed by atoms with Gasteiger partial charge in [0.05, 0.1) is 10.5 Å². The molecule has 24 heavy (non-hydrogen) atoms. The standard InChI is InChI=1S/C17H19N3O3S/c21-17(14-10-16(20(22)23)24-12-14)18-15-6-8-19(9-7-15)11-13-4-2-1-3-5-13/h1-5,10,12,15H,6-9,11H2,(H,18,21). The highest BCUT2D eigenvalue weighted by Gasteiger charge is 2.22. The zero-order valence-corrected chi connectivity index (χ0v) is 14.0. The number of benzene rings is 1. The van der Waals surface area contributed by atoms with Crippen molar-refractivity contribution in [2.75, 3.05) is 13.1 Å². The first-order valence-electron chi connectivity index (χ1n) is 7.92. The van der Waals surface area contributed by atoms with Crippen molar-refractivity contribution in [2.45, 2.75) is 25.4 Å². The third-order valence-electron chi connectivity index (χ3n) is 4.20. The molecule has 0 spiro atoms. The van der Waals surface area contributed by atoms with E-state index >= 15 is 0 Å². The molecular formula is C17H19N3O3S. The van der Waals surface area contributed by atoms with Crippen molar-refractivity contribution >= 4 is 22.2 Å². The first-order chi connectivity index (χ1) is 11.6. The molecule has 0 saturated carbocycles. The van der Waals surface area contributed by atoms with Crippen molar-refractivity contribution in [1.82, 2.24) is 10.2 Å². The number of piperidine rings is 1. The number of hydrogen-bond donors (Lipinski definition) is 1. The van der Waals surface area contributed by atoms with Crippen LogP contribution in [0, 0.1) is 10.1 Å². The molecule has 1 saturated heterocycles. The average Bonchev–Trinajstić information content (AvgIpc) is 3.08. The lowest BCUT2D eigenvalue weighted by Gasteiger charge is -2.32. The molecule has 1 fully saturated rings. The minimum Gasteiger partial charge on any atom is -0.349 e. The van der Waals surface area contributed by atoms with Crippen molar-refractivity contribution in [3.05, 3.63) is 63.0 Å². The van der Waals surface area contributed by atoms with Crippen LogP contribution >= 0.6 is 11.3 Å². The predicted molar refractivity (Wildman–Crippen MR) is 93.2 cm³/mol. The molecule has 0 atom stereocenters. The summed E-state index contributed by atoms with van der Waals surface area (Å²) in [4.78, 5) is 24.8. The van der Waals surface area contributed by atoms with Gasteiger partial charge in [0.15, 0.2) is 0 Å². The van der Waals surface area contributed by atoms with Gasteiger partial charge in [-0.2, -0.15) is 0 Å². The van der Waals surface area contributed by atoms with Crippen LogP contribution in [0.5, 0.6) is 0 Å². The largest absolute Gasteiger partial charge is 0.349 e. The van der Waals surface area contributed by atoms with Gasteiger partial charge in [-0.1, -0.05) is 41.7 Å². The summed E-state index contributed by atoms with van der Waals surface area (Å²) in [5, 5.41) is 15.2. The summed E-state index contributed by atoms with van der Waals surface area (Å²) in [6.45, 7) is 2.80. The van der Waals surface area contributed by atoms with E-state index in [1.54, 1.807) is 0 Å². The number of rotatable bonds is 5. The number of thiophene rings is 1. The molecule has 0 radical (unpaired) electrons. The summed E-state index contributed by atoms with van der Waals surface area (Å²) in [7, 11) is 0. The Bertz CT molecular complexity index is 709. The molecule has 0 unspecified atom stereocenters. The van der Waals surface area contributed by atoms with Crippen molar-refractivity contribution in [1.29, 1.82) is 0 Å². The van der Waals surface area contributed by atoms with Crippen LogP contribution in [0.15, 0.2) is 41.8 Å². The van der Waals surface area contributed by atoms with Crippen molar-refractivity contribution in [3.8, 4) is 0 Å². The lowest BCUT2D eigenvalue weighted by molar-refractivity contribution is -0.380. The van der Waals surface area contributed by atoms with Crippen LogP contribution in [0.2, 0.25) is 0 Å². The Morgan fingerprint density at radius 3 is 2.62 bits per heavy atom. The Labute approximate surface area is 144 Å². The lowest BCUT2D eigenvalue weighted by Crippen LogP contribution is -2.44. The minimum atomic E-state index is -0.469. The van der Waals surface area contributed by atoms with Crippen LogP contribution in [0.1, 0.15) is 28.8 Å². The predicted octanol–water partition coefficient (Wildman–Crippen LogP) is 3.05. The van der Waals surface area contributed by atoms with Crippen molar-refractivity contribution < 1.29 is 9.72 Å². The zero-order chi connectivity index (χ0) is 16.9. The number of amides is 1. The molecule has 1 aliphatic rings. The lowest BCUT2D eigenvalue weighted by atomic mass is 10.0. The Morgan fingerprint density at radius 2 is 2.00 bits per heavy atom. The zero-order valence-electron chi connectivity index (χ0n) is 13.2. The number of hydrogen-bond acceptors (Lipinski definition) is 5. The number of likely N-dealkylation sites (tertiary alicyclic amines) is 1. The summed E-state index contributed by atoms with van der Waals surface area (Å²) in [5.74, 6) is -0.221. The quantitative estimate of drug-likeness (QED) is 0.667. The SMILES string of the molecule is O=C(NC1CCN(Cc2ccccc2)CC1)c1csc([N+](=O)[O-])c1. The van der Waals surface area contributed by atoms with Crippen LogP contribution in [0.25, 0.3) is 0 Å². The molecule has 126 valence electrons. The molecule has 1 N–H and O–H groups in total. The maximum absolute atomic E-state index is 12.2. The number of nitrogens with one attached hydrogen (secondary N) is 1. The van der Waals surface area contributed by atoms with E-state index in [-0.39, 0.29) is 17.0 Å². The Hall–Kier alpha value is -2.25. The van der Waals surface area contributed by atoms with Gasteiger partial charge in [0, 0.05) is 37.1 Å². The Balaban J connectivity index is 1.48. The number of carbonyl (C=O) groups is 1. The highest BCUT2D eigenvalue weighted by molar-refractivity contribution is 7.13. The number of nitrogens with zero attached hydrogens (tertiary/aromatic N) is 2. The molecule has 1 aromatic carbocycles. The summed E-state index contributed by atoms with van der Waals surface area (Å²) in [6.07, 6.45) is 1.79. The smallest absolute Gasteiger partial charge is 0.324 e. The second-order valence-electron chi connectivity index (χ2n) is 5.94. The van der Waals surface area contributed by atoms with Crippen LogP contribution in [0.4, 0.5) is 5.00 Å². The number of carbonyl (C=O) groups excluding carboxylic acids is 1. The van der Waals surface area contributed by atoms with Crippen LogP contribution < -0.4 is 5.32 Å². The van der Waals surface area contributed by atoms with E-state index in [9.17, 15) is 14.9 Å². The van der Waals surface area contributed by atoms with E-state index < -0.39 is 4.92 Å². The van der Waals surface area contributed by atoms with Gasteiger partial charge >= 0.3 is 5.00 Å². The van der Waals surface area contributed by atoms with Gasteiger partial charge in [-0.05, 0) is 18.4 Å². The van der Waals surface area contributed by atoms with Crippen molar-refractivity contribution in [2.24, 2.45) is 0 Å². The molecule has 1 aromatic heterocycles. The molecule has 6 nitrogen and oxygen atoms in total. The molecule has 3 rings (SSSR count). The van der Waals surface area contributed by atoms with E-state index in [0.29, 0.717) is 5.56 Å². The first kappa shape index (κ1) is 16.6. The number of nitro groups is 1. The van der Waals surface area contributed by atoms with Crippen LogP contribution in [0.3, 0.4) is 0 Å². The highest BCUT2D eigenvalue weighted by Crippen LogP contribution is 2.23. The van der Waals surface area contributed by atoms with Crippen LogP contribution in [-0.2, 0) is 6.54 Å². The molecule has 2 heterocycles. The summed E-state index contributed by atoms with van der Waals surface area (Å²) < 4.78 is 0. The molecule has 1 aliphatic heterocycles. The highest BCUT2D eigenvalue weighted by atomic mass is 32.1. The van der Waals surface area contributed by atoms with Gasteiger partial charge in [-0.3, -0.25) is 19.8 Å². The fourth-order valence-corrected chi connectivity index (χ4v) is 3.59. The van der Waals surface area contributed by atoms with Gasteiger partial charge in [-0.15, -0.1) is 0 Å². The topological polar surface area (TPSA) is 75.5 Å². The third-order valence-corrected chi connectivity index (χ3v) is 5.08. The monoisotopic (exact) mass is 345 g/mol. The molecule has 0 aliphatic carbocycles. The Kier molecular flexibility index (Phi) is 5.22. The first-order valence-corrected chi connectivity index (χ1v) is 8.80. The fourth-order valence-electron chi connectivity index (χ4n) is 2.89. The second kappa shape index (κ2) is 7.55. The maximum Gasteiger partial charge on any atom is 0.324 e. The van der Waals surface area contributed by atoms with Crippen LogP contribution in [-0.4, -0.2) is 34.9 Å². The Morgan fingerprint density at radius 1 is 1.29 bits per heavy atom. The average molecular weight is 345 g/mol. The van der Waals surface area contributed by atoms with Gasteiger partial charge < -0.3 is 5.32 Å². The maximum atomic E-state index is 12.2.